The molecule has 0 atom stereocenters. The van der Waals surface area contributed by atoms with Crippen LogP contribution in [-0.4, -0.2) is 0 Å². The predicted molar refractivity (Wildman–Crippen MR) is 216 cm³/mol. The van der Waals surface area contributed by atoms with Crippen molar-refractivity contribution in [3.63, 3.8) is 0 Å². The summed E-state index contributed by atoms with van der Waals surface area (Å²) in [6.07, 6.45) is 0. The van der Waals surface area contributed by atoms with Crippen molar-refractivity contribution in [3.05, 3.63) is 205 Å². The van der Waals surface area contributed by atoms with Crippen molar-refractivity contribution < 1.29 is 0 Å². The van der Waals surface area contributed by atoms with E-state index in [9.17, 15) is 0 Å². The molecule has 0 aromatic heterocycles. The van der Waals surface area contributed by atoms with E-state index in [0.717, 1.165) is 34.1 Å². The molecule has 8 aromatic carbocycles. The molecular weight excluding hydrogens is 617 g/mol. The van der Waals surface area contributed by atoms with Crippen molar-refractivity contribution in [3.8, 4) is 22.3 Å². The Morgan fingerprint density at radius 3 is 1.45 bits per heavy atom. The van der Waals surface area contributed by atoms with Gasteiger partial charge in [-0.15, -0.1) is 0 Å². The van der Waals surface area contributed by atoms with Crippen molar-refractivity contribution in [2.75, 3.05) is 9.80 Å². The predicted octanol–water partition coefficient (Wildman–Crippen LogP) is 13.8. The molecule has 2 heteroatoms. The van der Waals surface area contributed by atoms with E-state index >= 15 is 0 Å². The Bertz CT molecular complexity index is 2440. The van der Waals surface area contributed by atoms with Crippen LogP contribution in [0.2, 0.25) is 0 Å². The Hall–Kier alpha value is -6.38. The normalized spacial score (nSPS) is 12.7. The van der Waals surface area contributed by atoms with Crippen LogP contribution >= 0.6 is 0 Å². The van der Waals surface area contributed by atoms with Gasteiger partial charge in [-0.25, -0.2) is 0 Å². The van der Waals surface area contributed by atoms with Crippen LogP contribution < -0.4 is 9.80 Å². The number of fused-ring (bicyclic) bond motifs is 4. The molecule has 0 fully saturated rings. The second kappa shape index (κ2) is 12.5. The molecule has 1 aliphatic rings. The van der Waals surface area contributed by atoms with E-state index in [4.69, 9.17) is 0 Å². The van der Waals surface area contributed by atoms with E-state index in [1.54, 1.807) is 0 Å². The summed E-state index contributed by atoms with van der Waals surface area (Å²) >= 11 is 0. The summed E-state index contributed by atoms with van der Waals surface area (Å²) in [4.78, 5) is 4.73. The van der Waals surface area contributed by atoms with E-state index in [0.29, 0.717) is 0 Å². The minimum atomic E-state index is -0.0843. The summed E-state index contributed by atoms with van der Waals surface area (Å²) in [6, 6.07) is 70.2. The number of hydrogen-bond donors (Lipinski definition) is 0. The van der Waals surface area contributed by atoms with Gasteiger partial charge in [-0.1, -0.05) is 141 Å². The van der Waals surface area contributed by atoms with Crippen molar-refractivity contribution >= 4 is 44.9 Å². The Labute approximate surface area is 300 Å². The first-order chi connectivity index (χ1) is 25.1. The molecule has 0 bridgehead atoms. The standard InChI is InChI=1S/C49H38N2/c1-49(2)46-25-15-14-23-43(46)44-31-30-40(34-47(44)49)51(38-20-10-5-11-21-38)48-33-32-41(42-22-12-13-24-45(42)48)35-26-28-39(29-27-35)50(36-16-6-3-7-17-36)37-18-8-4-9-19-37/h3-34H,1-2H3. The lowest BCUT2D eigenvalue weighted by molar-refractivity contribution is 0.660. The highest BCUT2D eigenvalue weighted by molar-refractivity contribution is 6.06. The summed E-state index contributed by atoms with van der Waals surface area (Å²) in [6.45, 7) is 4.70. The summed E-state index contributed by atoms with van der Waals surface area (Å²) < 4.78 is 0. The van der Waals surface area contributed by atoms with Crippen LogP contribution in [0.3, 0.4) is 0 Å². The number of anilines is 6. The average molecular weight is 655 g/mol. The second-order valence-electron chi connectivity index (χ2n) is 13.8. The molecule has 0 N–H and O–H groups in total. The van der Waals surface area contributed by atoms with E-state index < -0.39 is 0 Å². The van der Waals surface area contributed by atoms with Crippen LogP contribution in [0.1, 0.15) is 25.0 Å². The smallest absolute Gasteiger partial charge is 0.0540 e. The quantitative estimate of drug-likeness (QED) is 0.169. The average Bonchev–Trinajstić information content (AvgIpc) is 3.42. The van der Waals surface area contributed by atoms with Gasteiger partial charge in [0.1, 0.15) is 0 Å². The Morgan fingerprint density at radius 2 is 0.804 bits per heavy atom. The third kappa shape index (κ3) is 5.28. The monoisotopic (exact) mass is 654 g/mol. The van der Waals surface area contributed by atoms with E-state index in [2.05, 4.69) is 218 Å². The minimum Gasteiger partial charge on any atom is -0.311 e. The zero-order chi connectivity index (χ0) is 34.4. The zero-order valence-corrected chi connectivity index (χ0v) is 28.9. The molecule has 0 unspecified atom stereocenters. The van der Waals surface area contributed by atoms with Crippen LogP contribution in [0.15, 0.2) is 194 Å². The maximum Gasteiger partial charge on any atom is 0.0540 e. The molecule has 0 amide bonds. The fraction of sp³-hybridized carbons (Fsp3) is 0.0612. The summed E-state index contributed by atoms with van der Waals surface area (Å²) in [5.74, 6) is 0. The van der Waals surface area contributed by atoms with Gasteiger partial charge in [0.05, 0.1) is 5.69 Å². The Kier molecular flexibility index (Phi) is 7.51. The Morgan fingerprint density at radius 1 is 0.333 bits per heavy atom. The fourth-order valence-electron chi connectivity index (χ4n) is 7.96. The summed E-state index contributed by atoms with van der Waals surface area (Å²) in [5.41, 5.74) is 14.6. The molecule has 244 valence electrons. The van der Waals surface area contributed by atoms with Gasteiger partial charge in [0.2, 0.25) is 0 Å². The molecular formula is C49H38N2. The molecule has 0 spiro atoms. The van der Waals surface area contributed by atoms with Gasteiger partial charge in [-0.05, 0) is 105 Å². The first kappa shape index (κ1) is 30.7. The van der Waals surface area contributed by atoms with Crippen LogP contribution in [0, 0.1) is 0 Å². The van der Waals surface area contributed by atoms with E-state index in [-0.39, 0.29) is 5.41 Å². The number of para-hydroxylation sites is 3. The third-order valence-corrected chi connectivity index (χ3v) is 10.4. The molecule has 9 rings (SSSR count). The summed E-state index contributed by atoms with van der Waals surface area (Å²) in [5, 5.41) is 2.43. The van der Waals surface area contributed by atoms with Gasteiger partial charge in [0.25, 0.3) is 0 Å². The maximum atomic E-state index is 2.42. The van der Waals surface area contributed by atoms with Gasteiger partial charge in [0, 0.05) is 39.2 Å². The van der Waals surface area contributed by atoms with Gasteiger partial charge < -0.3 is 9.80 Å². The Balaban J connectivity index is 1.15. The lowest BCUT2D eigenvalue weighted by Gasteiger charge is -2.29. The molecule has 1 aliphatic carbocycles. The molecule has 0 radical (unpaired) electrons. The first-order valence-corrected chi connectivity index (χ1v) is 17.7. The number of rotatable bonds is 7. The van der Waals surface area contributed by atoms with Crippen molar-refractivity contribution in [1.29, 1.82) is 0 Å². The number of benzene rings is 8. The first-order valence-electron chi connectivity index (χ1n) is 17.7. The topological polar surface area (TPSA) is 6.48 Å². The third-order valence-electron chi connectivity index (χ3n) is 10.4. The SMILES string of the molecule is CC1(C)c2ccccc2-c2ccc(N(c3ccccc3)c3ccc(-c4ccc(N(c5ccccc5)c5ccccc5)cc4)c4ccccc34)cc21. The van der Waals surface area contributed by atoms with Crippen LogP contribution in [-0.2, 0) is 5.41 Å². The van der Waals surface area contributed by atoms with Gasteiger partial charge in [0.15, 0.2) is 0 Å². The van der Waals surface area contributed by atoms with Crippen LogP contribution in [0.5, 0.6) is 0 Å². The zero-order valence-electron chi connectivity index (χ0n) is 28.9. The molecule has 0 heterocycles. The van der Waals surface area contributed by atoms with Crippen LogP contribution in [0.25, 0.3) is 33.0 Å². The van der Waals surface area contributed by atoms with Gasteiger partial charge in [-0.2, -0.15) is 0 Å². The van der Waals surface area contributed by atoms with Crippen LogP contribution in [0.4, 0.5) is 34.1 Å². The van der Waals surface area contributed by atoms with Crippen molar-refractivity contribution in [1.82, 2.24) is 0 Å². The fourth-order valence-corrected chi connectivity index (χ4v) is 7.96. The van der Waals surface area contributed by atoms with Gasteiger partial charge >= 0.3 is 0 Å². The number of nitrogens with zero attached hydrogens (tertiary/aromatic N) is 2. The largest absolute Gasteiger partial charge is 0.311 e. The van der Waals surface area contributed by atoms with Crippen molar-refractivity contribution in [2.45, 2.75) is 19.3 Å². The molecule has 0 saturated carbocycles. The van der Waals surface area contributed by atoms with E-state index in [1.165, 1.54) is 44.2 Å². The maximum absolute atomic E-state index is 2.42. The molecule has 2 nitrogen and oxygen atoms in total. The highest BCUT2D eigenvalue weighted by atomic mass is 15.1. The molecule has 51 heavy (non-hydrogen) atoms. The highest BCUT2D eigenvalue weighted by Gasteiger charge is 2.35. The molecule has 0 saturated heterocycles. The van der Waals surface area contributed by atoms with Crippen molar-refractivity contribution in [2.24, 2.45) is 0 Å². The second-order valence-corrected chi connectivity index (χ2v) is 13.8. The lowest BCUT2D eigenvalue weighted by atomic mass is 9.82. The lowest BCUT2D eigenvalue weighted by Crippen LogP contribution is -2.16. The molecule has 0 aliphatic heterocycles. The number of hydrogen-bond acceptors (Lipinski definition) is 2. The van der Waals surface area contributed by atoms with E-state index in [1.807, 2.05) is 0 Å². The highest BCUT2D eigenvalue weighted by Crippen LogP contribution is 2.51. The molecule has 8 aromatic rings. The van der Waals surface area contributed by atoms with Gasteiger partial charge in [-0.3, -0.25) is 0 Å². The summed E-state index contributed by atoms with van der Waals surface area (Å²) in [7, 11) is 0. The minimum absolute atomic E-state index is 0.0843.